The molecule has 118 valence electrons. The molecule has 4 heterocycles. The number of hydrogen-bond acceptors (Lipinski definition) is 4. The lowest BCUT2D eigenvalue weighted by molar-refractivity contribution is -0.120. The van der Waals surface area contributed by atoms with Crippen LogP contribution in [0.3, 0.4) is 0 Å². The molecular weight excluding hydrogens is 278 g/mol. The van der Waals surface area contributed by atoms with Crippen LogP contribution in [0.5, 0.6) is 0 Å². The van der Waals surface area contributed by atoms with Crippen LogP contribution >= 0.6 is 0 Å². The number of aromatic nitrogens is 1. The van der Waals surface area contributed by atoms with Crippen molar-refractivity contribution in [2.75, 3.05) is 26.3 Å². The van der Waals surface area contributed by atoms with E-state index in [1.54, 1.807) is 0 Å². The minimum absolute atomic E-state index is 0.0611. The van der Waals surface area contributed by atoms with Crippen LogP contribution in [0.2, 0.25) is 0 Å². The van der Waals surface area contributed by atoms with Crippen LogP contribution in [0.4, 0.5) is 0 Å². The molecule has 5 heteroatoms. The first-order chi connectivity index (χ1) is 10.8. The van der Waals surface area contributed by atoms with Crippen molar-refractivity contribution in [3.63, 3.8) is 0 Å². The van der Waals surface area contributed by atoms with Crippen molar-refractivity contribution >= 4 is 5.91 Å². The van der Waals surface area contributed by atoms with E-state index in [1.165, 1.54) is 5.56 Å². The summed E-state index contributed by atoms with van der Waals surface area (Å²) in [7, 11) is 0. The number of likely N-dealkylation sites (tertiary alicyclic amines) is 1. The molecule has 22 heavy (non-hydrogen) atoms. The van der Waals surface area contributed by atoms with Gasteiger partial charge in [0.25, 0.3) is 0 Å². The van der Waals surface area contributed by atoms with Gasteiger partial charge in [0.05, 0.1) is 6.61 Å². The average molecular weight is 301 g/mol. The summed E-state index contributed by atoms with van der Waals surface area (Å²) in [5.41, 5.74) is 1.18. The second kappa shape index (κ2) is 5.63. The number of piperidine rings is 1. The molecule has 0 aliphatic carbocycles. The highest BCUT2D eigenvalue weighted by Crippen LogP contribution is 2.43. The van der Waals surface area contributed by atoms with Crippen molar-refractivity contribution in [1.82, 2.24) is 15.2 Å². The third kappa shape index (κ3) is 2.42. The predicted molar refractivity (Wildman–Crippen MR) is 82.5 cm³/mol. The van der Waals surface area contributed by atoms with Crippen LogP contribution in [0.15, 0.2) is 24.5 Å². The van der Waals surface area contributed by atoms with E-state index in [9.17, 15) is 4.79 Å². The maximum atomic E-state index is 12.1. The van der Waals surface area contributed by atoms with Gasteiger partial charge in [0.1, 0.15) is 0 Å². The van der Waals surface area contributed by atoms with Gasteiger partial charge in [-0.2, -0.15) is 0 Å². The molecule has 1 aromatic rings. The maximum Gasteiger partial charge on any atom is 0.221 e. The molecule has 4 rings (SSSR count). The van der Waals surface area contributed by atoms with Crippen molar-refractivity contribution in [3.05, 3.63) is 30.1 Å². The van der Waals surface area contributed by atoms with Crippen molar-refractivity contribution < 1.29 is 9.53 Å². The quantitative estimate of drug-likeness (QED) is 0.895. The van der Waals surface area contributed by atoms with E-state index in [0.717, 1.165) is 45.6 Å². The number of nitrogens with one attached hydrogen (secondary N) is 1. The number of nitrogens with zero attached hydrogens (tertiary/aromatic N) is 2. The van der Waals surface area contributed by atoms with Gasteiger partial charge in [-0.3, -0.25) is 14.7 Å². The summed E-state index contributed by atoms with van der Waals surface area (Å²) in [6.07, 6.45) is 7.47. The Morgan fingerprint density at radius 2 is 2.05 bits per heavy atom. The lowest BCUT2D eigenvalue weighted by atomic mass is 9.74. The summed E-state index contributed by atoms with van der Waals surface area (Å²) in [4.78, 5) is 18.7. The highest BCUT2D eigenvalue weighted by atomic mass is 16.5. The number of hydrogen-bond donors (Lipinski definition) is 1. The minimum Gasteiger partial charge on any atom is -0.380 e. The summed E-state index contributed by atoms with van der Waals surface area (Å²) < 4.78 is 5.52. The highest BCUT2D eigenvalue weighted by Gasteiger charge is 2.49. The Morgan fingerprint density at radius 1 is 1.27 bits per heavy atom. The molecule has 1 aromatic heterocycles. The summed E-state index contributed by atoms with van der Waals surface area (Å²) >= 11 is 0. The van der Waals surface area contributed by atoms with Gasteiger partial charge in [-0.1, -0.05) is 0 Å². The van der Waals surface area contributed by atoms with E-state index >= 15 is 0 Å². The van der Waals surface area contributed by atoms with Gasteiger partial charge in [0, 0.05) is 56.0 Å². The predicted octanol–water partition coefficient (Wildman–Crippen LogP) is 1.31. The van der Waals surface area contributed by atoms with E-state index in [2.05, 4.69) is 27.3 Å². The third-order valence-corrected chi connectivity index (χ3v) is 5.67. The second-order valence-corrected chi connectivity index (χ2v) is 6.79. The molecule has 2 unspecified atom stereocenters. The molecule has 3 fully saturated rings. The Kier molecular flexibility index (Phi) is 3.62. The van der Waals surface area contributed by atoms with E-state index in [0.29, 0.717) is 12.5 Å². The Hall–Kier alpha value is -1.46. The van der Waals surface area contributed by atoms with Crippen molar-refractivity contribution in [2.24, 2.45) is 0 Å². The number of amides is 1. The monoisotopic (exact) mass is 301 g/mol. The molecule has 3 aliphatic rings. The van der Waals surface area contributed by atoms with Gasteiger partial charge in [0.15, 0.2) is 0 Å². The average Bonchev–Trinajstić information content (AvgIpc) is 3.18. The van der Waals surface area contributed by atoms with Crippen molar-refractivity contribution in [3.8, 4) is 0 Å². The van der Waals surface area contributed by atoms with Gasteiger partial charge in [-0.15, -0.1) is 0 Å². The first kappa shape index (κ1) is 14.2. The molecule has 0 aromatic carbocycles. The minimum atomic E-state index is -0.0611. The third-order valence-electron chi connectivity index (χ3n) is 5.67. The molecule has 0 radical (unpaired) electrons. The van der Waals surface area contributed by atoms with Crippen LogP contribution in [-0.4, -0.2) is 53.7 Å². The molecule has 3 aliphatic heterocycles. The Labute approximate surface area is 131 Å². The van der Waals surface area contributed by atoms with Gasteiger partial charge in [0.2, 0.25) is 5.91 Å². The van der Waals surface area contributed by atoms with Crippen LogP contribution in [0.1, 0.15) is 37.2 Å². The zero-order chi connectivity index (χ0) is 15.0. The molecule has 1 spiro atoms. The van der Waals surface area contributed by atoms with E-state index in [-0.39, 0.29) is 17.4 Å². The largest absolute Gasteiger partial charge is 0.380 e. The summed E-state index contributed by atoms with van der Waals surface area (Å²) in [6, 6.07) is 4.70. The Bertz CT molecular complexity index is 534. The smallest absolute Gasteiger partial charge is 0.221 e. The fourth-order valence-electron chi connectivity index (χ4n) is 4.40. The van der Waals surface area contributed by atoms with Crippen LogP contribution in [0, 0.1) is 0 Å². The Morgan fingerprint density at radius 3 is 2.73 bits per heavy atom. The van der Waals surface area contributed by atoms with Gasteiger partial charge < -0.3 is 10.1 Å². The fourth-order valence-corrected chi connectivity index (χ4v) is 4.40. The highest BCUT2D eigenvalue weighted by molar-refractivity contribution is 5.81. The topological polar surface area (TPSA) is 54.5 Å². The maximum absolute atomic E-state index is 12.1. The van der Waals surface area contributed by atoms with E-state index in [1.807, 2.05) is 12.4 Å². The van der Waals surface area contributed by atoms with Crippen LogP contribution < -0.4 is 5.32 Å². The molecule has 3 saturated heterocycles. The first-order valence-electron chi connectivity index (χ1n) is 8.30. The lowest BCUT2D eigenvalue weighted by Crippen LogP contribution is -2.55. The number of ether oxygens (including phenoxy) is 1. The molecule has 2 atom stereocenters. The van der Waals surface area contributed by atoms with Crippen LogP contribution in [-0.2, 0) is 9.53 Å². The Balaban J connectivity index is 1.51. The summed E-state index contributed by atoms with van der Waals surface area (Å²) in [5.74, 6) is 0.476. The van der Waals surface area contributed by atoms with Crippen molar-refractivity contribution in [1.29, 1.82) is 0 Å². The molecule has 0 saturated carbocycles. The number of carbonyl (C=O) groups excluding carboxylic acids is 1. The van der Waals surface area contributed by atoms with E-state index < -0.39 is 0 Å². The molecule has 1 amide bonds. The van der Waals surface area contributed by atoms with Crippen LogP contribution in [0.25, 0.3) is 0 Å². The molecule has 0 bridgehead atoms. The lowest BCUT2D eigenvalue weighted by Gasteiger charge is -2.44. The molecule has 5 nitrogen and oxygen atoms in total. The zero-order valence-corrected chi connectivity index (χ0v) is 12.8. The zero-order valence-electron chi connectivity index (χ0n) is 12.8. The second-order valence-electron chi connectivity index (χ2n) is 6.79. The van der Waals surface area contributed by atoms with Gasteiger partial charge >= 0.3 is 0 Å². The first-order valence-corrected chi connectivity index (χ1v) is 8.30. The van der Waals surface area contributed by atoms with Crippen molar-refractivity contribution in [2.45, 2.75) is 43.2 Å². The SMILES string of the molecule is O=C1CC(c2ccncc2)C2(CCN(C3CCOC3)CC2)N1. The molecule has 1 N–H and O–H groups in total. The van der Waals surface area contributed by atoms with Gasteiger partial charge in [-0.25, -0.2) is 0 Å². The van der Waals surface area contributed by atoms with E-state index in [4.69, 9.17) is 4.74 Å². The molecular formula is C17H23N3O2. The summed E-state index contributed by atoms with van der Waals surface area (Å²) in [6.45, 7) is 3.86. The number of carbonyl (C=O) groups is 1. The number of rotatable bonds is 2. The standard InChI is InChI=1S/C17H23N3O2/c21-16-11-15(13-1-6-18-7-2-13)17(19-16)4-8-20(9-5-17)14-3-10-22-12-14/h1-2,6-7,14-15H,3-5,8-12H2,(H,19,21). The normalized spacial score (nSPS) is 31.5. The fraction of sp³-hybridized carbons (Fsp3) is 0.647. The van der Waals surface area contributed by atoms with Gasteiger partial charge in [-0.05, 0) is 37.0 Å². The number of pyridine rings is 1. The summed E-state index contributed by atoms with van der Waals surface area (Å²) in [5, 5.41) is 3.31.